The summed E-state index contributed by atoms with van der Waals surface area (Å²) in [5, 5.41) is 15.8. The molecule has 0 atom stereocenters. The molecule has 0 fully saturated rings. The summed E-state index contributed by atoms with van der Waals surface area (Å²) in [6, 6.07) is 26.9. The molecule has 4 aromatic carbocycles. The summed E-state index contributed by atoms with van der Waals surface area (Å²) >= 11 is 0. The molecule has 4 heteroatoms. The molecule has 0 aliphatic carbocycles. The number of nitrogens with zero attached hydrogens (tertiary/aromatic N) is 1. The topological polar surface area (TPSA) is 49.8 Å². The highest BCUT2D eigenvalue weighted by molar-refractivity contribution is 5.99. The summed E-state index contributed by atoms with van der Waals surface area (Å²) in [4.78, 5) is 15.8. The van der Waals surface area contributed by atoms with E-state index in [0.717, 1.165) is 34.6 Å². The minimum atomic E-state index is -1.94. The number of carbonyl (C=O) groups excluding carboxylic acids is 1. The van der Waals surface area contributed by atoms with Gasteiger partial charge in [0.05, 0.1) is 0 Å². The van der Waals surface area contributed by atoms with Crippen molar-refractivity contribution in [2.75, 3.05) is 26.2 Å². The maximum Gasteiger partial charge on any atom is 0.347 e. The van der Waals surface area contributed by atoms with Gasteiger partial charge in [0.25, 0.3) is 0 Å². The Balaban J connectivity index is 1.86. The Kier molecular flexibility index (Phi) is 6.54. The lowest BCUT2D eigenvalue weighted by Crippen LogP contribution is -2.40. The third kappa shape index (κ3) is 3.99. The molecule has 0 saturated heterocycles. The van der Waals surface area contributed by atoms with Crippen molar-refractivity contribution >= 4 is 27.5 Å². The molecule has 0 bridgehead atoms. The summed E-state index contributed by atoms with van der Waals surface area (Å²) in [5.41, 5.74) is -0.884. The van der Waals surface area contributed by atoms with E-state index >= 15 is 0 Å². The molecule has 4 nitrogen and oxygen atoms in total. The van der Waals surface area contributed by atoms with Crippen molar-refractivity contribution in [2.45, 2.75) is 19.4 Å². The van der Waals surface area contributed by atoms with E-state index in [-0.39, 0.29) is 6.61 Å². The summed E-state index contributed by atoms with van der Waals surface area (Å²) in [5.74, 6) is -0.655. The maximum atomic E-state index is 13.6. The molecule has 4 rings (SSSR count). The Morgan fingerprint density at radius 1 is 0.781 bits per heavy atom. The molecule has 0 amide bonds. The second-order valence-corrected chi connectivity index (χ2v) is 7.93. The van der Waals surface area contributed by atoms with Crippen LogP contribution in [0.25, 0.3) is 21.5 Å². The van der Waals surface area contributed by atoms with Gasteiger partial charge in [0.1, 0.15) is 6.61 Å². The first kappa shape index (κ1) is 22.0. The van der Waals surface area contributed by atoms with Crippen LogP contribution in [0.4, 0.5) is 0 Å². The third-order valence-electron chi connectivity index (χ3n) is 6.19. The number of aliphatic hydroxyl groups is 1. The Hall–Kier alpha value is -3.21. The maximum absolute atomic E-state index is 13.6. The van der Waals surface area contributed by atoms with Crippen LogP contribution in [0.3, 0.4) is 0 Å². The number of hydrogen-bond acceptors (Lipinski definition) is 4. The Bertz CT molecular complexity index is 1140. The molecule has 0 aliphatic rings. The van der Waals surface area contributed by atoms with Crippen LogP contribution in [0, 0.1) is 0 Å². The molecule has 32 heavy (non-hydrogen) atoms. The van der Waals surface area contributed by atoms with Crippen molar-refractivity contribution in [1.29, 1.82) is 0 Å². The zero-order chi connectivity index (χ0) is 22.6. The van der Waals surface area contributed by atoms with Crippen molar-refractivity contribution < 1.29 is 14.6 Å². The van der Waals surface area contributed by atoms with E-state index < -0.39 is 11.6 Å². The predicted octanol–water partition coefficient (Wildman–Crippen LogP) is 5.11. The number of likely N-dealkylation sites (N-methyl/N-ethyl adjacent to an activating group) is 1. The van der Waals surface area contributed by atoms with Crippen LogP contribution in [0.15, 0.2) is 84.9 Å². The number of ether oxygens (including phenoxy) is 1. The molecule has 164 valence electrons. The van der Waals surface area contributed by atoms with Gasteiger partial charge in [-0.3, -0.25) is 0 Å². The number of carbonyl (C=O) groups is 1. The Labute approximate surface area is 189 Å². The smallest absolute Gasteiger partial charge is 0.347 e. The van der Waals surface area contributed by atoms with Gasteiger partial charge in [-0.15, -0.1) is 0 Å². The van der Waals surface area contributed by atoms with Gasteiger partial charge >= 0.3 is 5.97 Å². The van der Waals surface area contributed by atoms with Crippen LogP contribution in [-0.2, 0) is 15.1 Å². The van der Waals surface area contributed by atoms with Crippen LogP contribution in [0.5, 0.6) is 0 Å². The Morgan fingerprint density at radius 3 is 1.75 bits per heavy atom. The molecule has 0 unspecified atom stereocenters. The number of rotatable bonds is 8. The Morgan fingerprint density at radius 2 is 1.25 bits per heavy atom. The molecule has 4 aromatic rings. The lowest BCUT2D eigenvalue weighted by molar-refractivity contribution is -0.162. The van der Waals surface area contributed by atoms with Crippen LogP contribution < -0.4 is 0 Å². The molecule has 0 heterocycles. The van der Waals surface area contributed by atoms with Crippen molar-refractivity contribution in [2.24, 2.45) is 0 Å². The van der Waals surface area contributed by atoms with Crippen molar-refractivity contribution in [3.63, 3.8) is 0 Å². The third-order valence-corrected chi connectivity index (χ3v) is 6.19. The zero-order valence-corrected chi connectivity index (χ0v) is 18.6. The first-order chi connectivity index (χ1) is 15.6. The molecule has 0 aliphatic heterocycles. The normalized spacial score (nSPS) is 11.9. The zero-order valence-electron chi connectivity index (χ0n) is 18.6. The fourth-order valence-electron chi connectivity index (χ4n) is 4.36. The van der Waals surface area contributed by atoms with Crippen molar-refractivity contribution in [3.05, 3.63) is 96.1 Å². The molecular weight excluding hydrogens is 398 g/mol. The van der Waals surface area contributed by atoms with Crippen LogP contribution >= 0.6 is 0 Å². The van der Waals surface area contributed by atoms with Crippen molar-refractivity contribution in [1.82, 2.24) is 4.90 Å². The first-order valence-corrected chi connectivity index (χ1v) is 11.2. The van der Waals surface area contributed by atoms with Crippen LogP contribution in [-0.4, -0.2) is 42.2 Å². The van der Waals surface area contributed by atoms with Gasteiger partial charge in [-0.2, -0.15) is 0 Å². The molecule has 0 saturated carbocycles. The predicted molar refractivity (Wildman–Crippen MR) is 130 cm³/mol. The number of fused-ring (bicyclic) bond motifs is 2. The van der Waals surface area contributed by atoms with E-state index in [1.54, 1.807) is 0 Å². The van der Waals surface area contributed by atoms with Crippen molar-refractivity contribution in [3.8, 4) is 0 Å². The highest BCUT2D eigenvalue weighted by atomic mass is 16.5. The second-order valence-electron chi connectivity index (χ2n) is 7.93. The highest BCUT2D eigenvalue weighted by Crippen LogP contribution is 2.39. The van der Waals surface area contributed by atoms with Gasteiger partial charge in [-0.25, -0.2) is 4.79 Å². The van der Waals surface area contributed by atoms with Gasteiger partial charge in [0.15, 0.2) is 0 Å². The summed E-state index contributed by atoms with van der Waals surface area (Å²) in [7, 11) is 0. The van der Waals surface area contributed by atoms with Gasteiger partial charge in [-0.05, 0) is 34.6 Å². The van der Waals surface area contributed by atoms with Gasteiger partial charge in [0.2, 0.25) is 5.60 Å². The minimum Gasteiger partial charge on any atom is -0.462 e. The van der Waals surface area contributed by atoms with Crippen LogP contribution in [0.2, 0.25) is 0 Å². The van der Waals surface area contributed by atoms with Gasteiger partial charge in [0, 0.05) is 17.7 Å². The van der Waals surface area contributed by atoms with E-state index in [4.69, 9.17) is 4.74 Å². The lowest BCUT2D eigenvalue weighted by atomic mass is 9.81. The molecular formula is C28H29NO3. The van der Waals surface area contributed by atoms with E-state index in [9.17, 15) is 9.90 Å². The molecule has 0 radical (unpaired) electrons. The summed E-state index contributed by atoms with van der Waals surface area (Å²) < 4.78 is 5.72. The fourth-order valence-corrected chi connectivity index (χ4v) is 4.36. The highest BCUT2D eigenvalue weighted by Gasteiger charge is 2.43. The summed E-state index contributed by atoms with van der Waals surface area (Å²) in [6.07, 6.45) is 0. The van der Waals surface area contributed by atoms with E-state index in [0.29, 0.717) is 17.7 Å². The van der Waals surface area contributed by atoms with Gasteiger partial charge < -0.3 is 14.7 Å². The number of hydrogen-bond donors (Lipinski definition) is 1. The van der Waals surface area contributed by atoms with Gasteiger partial charge in [-0.1, -0.05) is 98.8 Å². The standard InChI is InChI=1S/C28H29NO3/c1-3-29(4-2)19-20-32-27(30)28(31,25-17-9-13-21-11-5-7-15-23(21)25)26-18-10-14-22-12-6-8-16-24(22)26/h5-18,31H,3-4,19-20H2,1-2H3. The minimum absolute atomic E-state index is 0.221. The number of esters is 1. The molecule has 1 N–H and O–H groups in total. The van der Waals surface area contributed by atoms with E-state index in [1.807, 2.05) is 84.9 Å². The van der Waals surface area contributed by atoms with Crippen LogP contribution in [0.1, 0.15) is 25.0 Å². The average molecular weight is 428 g/mol. The second kappa shape index (κ2) is 9.51. The quantitative estimate of drug-likeness (QED) is 0.397. The molecule has 0 spiro atoms. The largest absolute Gasteiger partial charge is 0.462 e. The average Bonchev–Trinajstić information content (AvgIpc) is 2.85. The first-order valence-electron chi connectivity index (χ1n) is 11.2. The fraction of sp³-hybridized carbons (Fsp3) is 0.250. The lowest BCUT2D eigenvalue weighted by Gasteiger charge is -2.30. The summed E-state index contributed by atoms with van der Waals surface area (Å²) in [6.45, 7) is 6.76. The SMILES string of the molecule is CCN(CC)CCOC(=O)C(O)(c1cccc2ccccc12)c1cccc2ccccc12. The van der Waals surface area contributed by atoms with E-state index in [1.165, 1.54) is 0 Å². The van der Waals surface area contributed by atoms with E-state index in [2.05, 4.69) is 18.7 Å². The monoisotopic (exact) mass is 427 g/mol. The number of benzene rings is 4. The molecule has 0 aromatic heterocycles.